The summed E-state index contributed by atoms with van der Waals surface area (Å²) in [6.45, 7) is 8.30. The molecule has 274 valence electrons. The van der Waals surface area contributed by atoms with Crippen LogP contribution in [0.25, 0.3) is 0 Å². The molecule has 0 unspecified atom stereocenters. The van der Waals surface area contributed by atoms with E-state index in [1.165, 1.54) is 0 Å². The Kier molecular flexibility index (Phi) is 11.3. The molecule has 3 aromatic carbocycles. The van der Waals surface area contributed by atoms with Crippen LogP contribution in [0.3, 0.4) is 0 Å². The number of H-pyrrole nitrogens is 1. The number of aromatic amines is 1. The minimum Gasteiger partial charge on any atom is -0.444 e. The molecule has 0 spiro atoms. The first kappa shape index (κ1) is 36.9. The highest BCUT2D eigenvalue weighted by Crippen LogP contribution is 2.33. The van der Waals surface area contributed by atoms with Gasteiger partial charge in [0.25, 0.3) is 5.91 Å². The summed E-state index contributed by atoms with van der Waals surface area (Å²) in [5, 5.41) is 5.76. The van der Waals surface area contributed by atoms with Gasteiger partial charge >= 0.3 is 6.09 Å². The van der Waals surface area contributed by atoms with E-state index in [4.69, 9.17) is 4.74 Å². The van der Waals surface area contributed by atoms with E-state index in [2.05, 4.69) is 32.4 Å². The molecule has 1 aromatic heterocycles. The van der Waals surface area contributed by atoms with Crippen LogP contribution in [0.1, 0.15) is 99.6 Å². The van der Waals surface area contributed by atoms with Crippen molar-refractivity contribution in [3.8, 4) is 11.8 Å². The standard InChI is InChI=1S/C42H46N6O5/c1-28(30-13-7-5-8-14-30)39(50)48-26-12-18-35(48)38(49)45-32-22-19-29(20-23-32)21-24-33-27-43-37(44-33)34-17-11-25-47(34)40(51)36(31-15-9-6-10-16-31)46-41(52)53-42(2,3)4/h5-10,13-16,19-20,22-23,27-28,34-36H,11-12,17-18,25-26H2,1-4H3,(H,43,44)(H,45,49)(H,46,52)/t28-,34+,35+,36-/m1/s1. The molecule has 6 rings (SSSR count). The SMILES string of the molecule is C[C@@H](C(=O)N1CCC[C@H]1C(=O)Nc1ccc(C#Cc2cnc([C@@H]3CCCN3C(=O)[C@H](NC(=O)OC(C)(C)C)c3ccccc3)[nH]2)cc1)c1ccccc1. The number of hydrogen-bond acceptors (Lipinski definition) is 6. The summed E-state index contributed by atoms with van der Waals surface area (Å²) in [4.78, 5) is 64.6. The summed E-state index contributed by atoms with van der Waals surface area (Å²) in [6.07, 6.45) is 3.89. The summed E-state index contributed by atoms with van der Waals surface area (Å²) >= 11 is 0. The van der Waals surface area contributed by atoms with E-state index in [1.54, 1.807) is 48.9 Å². The zero-order valence-corrected chi connectivity index (χ0v) is 30.6. The molecule has 4 atom stereocenters. The largest absolute Gasteiger partial charge is 0.444 e. The third-order valence-electron chi connectivity index (χ3n) is 9.49. The predicted octanol–water partition coefficient (Wildman–Crippen LogP) is 6.47. The van der Waals surface area contributed by atoms with Crippen molar-refractivity contribution in [2.75, 3.05) is 18.4 Å². The fourth-order valence-corrected chi connectivity index (χ4v) is 6.85. The second-order valence-corrected chi connectivity index (χ2v) is 14.5. The highest BCUT2D eigenvalue weighted by Gasteiger charge is 2.38. The number of alkyl carbamates (subject to hydrolysis) is 1. The lowest BCUT2D eigenvalue weighted by molar-refractivity contribution is -0.137. The van der Waals surface area contributed by atoms with Crippen LogP contribution in [0.5, 0.6) is 0 Å². The van der Waals surface area contributed by atoms with Crippen molar-refractivity contribution in [2.45, 2.75) is 83.0 Å². The Morgan fingerprint density at radius 2 is 1.47 bits per heavy atom. The number of anilines is 1. The highest BCUT2D eigenvalue weighted by atomic mass is 16.6. The smallest absolute Gasteiger partial charge is 0.408 e. The van der Waals surface area contributed by atoms with Crippen LogP contribution in [0.4, 0.5) is 10.5 Å². The Morgan fingerprint density at radius 3 is 2.15 bits per heavy atom. The van der Waals surface area contributed by atoms with E-state index in [-0.39, 0.29) is 29.7 Å². The van der Waals surface area contributed by atoms with Gasteiger partial charge in [-0.2, -0.15) is 0 Å². The van der Waals surface area contributed by atoms with Crippen molar-refractivity contribution in [2.24, 2.45) is 0 Å². The predicted molar refractivity (Wildman–Crippen MR) is 201 cm³/mol. The Hall–Kier alpha value is -5.89. The van der Waals surface area contributed by atoms with Gasteiger partial charge in [-0.05, 0) is 94.7 Å². The van der Waals surface area contributed by atoms with E-state index in [1.807, 2.05) is 79.7 Å². The summed E-state index contributed by atoms with van der Waals surface area (Å²) < 4.78 is 5.47. The Labute approximate surface area is 310 Å². The number of hydrogen-bond donors (Lipinski definition) is 3. The van der Waals surface area contributed by atoms with Crippen molar-refractivity contribution in [1.29, 1.82) is 0 Å². The van der Waals surface area contributed by atoms with Gasteiger partial charge in [-0.25, -0.2) is 9.78 Å². The minimum atomic E-state index is -0.920. The van der Waals surface area contributed by atoms with Crippen LogP contribution in [0, 0.1) is 11.8 Å². The van der Waals surface area contributed by atoms with Gasteiger partial charge in [0, 0.05) is 24.3 Å². The minimum absolute atomic E-state index is 0.0414. The number of benzene rings is 3. The summed E-state index contributed by atoms with van der Waals surface area (Å²) in [6, 6.07) is 24.3. The number of ether oxygens (including phenoxy) is 1. The molecule has 3 N–H and O–H groups in total. The first-order valence-electron chi connectivity index (χ1n) is 18.1. The number of amides is 4. The van der Waals surface area contributed by atoms with Crippen molar-refractivity contribution < 1.29 is 23.9 Å². The first-order chi connectivity index (χ1) is 25.5. The second-order valence-electron chi connectivity index (χ2n) is 14.5. The average molecular weight is 715 g/mol. The molecule has 2 fully saturated rings. The number of carbonyl (C=O) groups is 4. The van der Waals surface area contributed by atoms with Crippen LogP contribution in [0.2, 0.25) is 0 Å². The van der Waals surface area contributed by atoms with Gasteiger partial charge in [0.1, 0.15) is 29.2 Å². The van der Waals surface area contributed by atoms with Gasteiger partial charge < -0.3 is 30.2 Å². The molecule has 0 aliphatic carbocycles. The zero-order chi connectivity index (χ0) is 37.5. The van der Waals surface area contributed by atoms with Crippen molar-refractivity contribution in [3.05, 3.63) is 119 Å². The normalized spacial score (nSPS) is 18.0. The summed E-state index contributed by atoms with van der Waals surface area (Å²) in [7, 11) is 0. The number of nitrogens with one attached hydrogen (secondary N) is 3. The monoisotopic (exact) mass is 714 g/mol. The van der Waals surface area contributed by atoms with Crippen LogP contribution >= 0.6 is 0 Å². The second kappa shape index (κ2) is 16.2. The van der Waals surface area contributed by atoms with E-state index in [9.17, 15) is 19.2 Å². The molecule has 11 nitrogen and oxygen atoms in total. The molecule has 4 amide bonds. The van der Waals surface area contributed by atoms with Gasteiger partial charge in [-0.3, -0.25) is 14.4 Å². The molecule has 2 aliphatic heterocycles. The van der Waals surface area contributed by atoms with Gasteiger partial charge in [0.05, 0.1) is 18.2 Å². The van der Waals surface area contributed by atoms with Crippen molar-refractivity contribution in [1.82, 2.24) is 25.1 Å². The Balaban J connectivity index is 1.08. The van der Waals surface area contributed by atoms with E-state index in [0.29, 0.717) is 48.7 Å². The third kappa shape index (κ3) is 9.13. The van der Waals surface area contributed by atoms with Crippen LogP contribution in [0.15, 0.2) is 91.1 Å². The number of rotatable bonds is 8. The molecule has 2 saturated heterocycles. The zero-order valence-electron chi connectivity index (χ0n) is 30.6. The van der Waals surface area contributed by atoms with Gasteiger partial charge in [-0.15, -0.1) is 0 Å². The molecular weight excluding hydrogens is 668 g/mol. The lowest BCUT2D eigenvalue weighted by Crippen LogP contribution is -2.44. The quantitative estimate of drug-likeness (QED) is 0.179. The van der Waals surface area contributed by atoms with Gasteiger partial charge in [0.15, 0.2) is 0 Å². The topological polar surface area (TPSA) is 137 Å². The van der Waals surface area contributed by atoms with Crippen molar-refractivity contribution in [3.63, 3.8) is 0 Å². The van der Waals surface area contributed by atoms with Crippen LogP contribution < -0.4 is 10.6 Å². The number of imidazole rings is 1. The highest BCUT2D eigenvalue weighted by molar-refractivity contribution is 5.98. The fraction of sp³-hybridized carbons (Fsp3) is 0.357. The van der Waals surface area contributed by atoms with Crippen molar-refractivity contribution >= 4 is 29.5 Å². The molecule has 0 bridgehead atoms. The summed E-state index contributed by atoms with van der Waals surface area (Å²) in [5.41, 5.74) is 2.85. The maximum absolute atomic E-state index is 14.0. The van der Waals surface area contributed by atoms with E-state index in [0.717, 1.165) is 24.0 Å². The van der Waals surface area contributed by atoms with E-state index < -0.39 is 23.8 Å². The van der Waals surface area contributed by atoms with E-state index >= 15 is 0 Å². The van der Waals surface area contributed by atoms with Crippen LogP contribution in [-0.4, -0.2) is 68.3 Å². The van der Waals surface area contributed by atoms with Gasteiger partial charge in [0.2, 0.25) is 11.8 Å². The number of likely N-dealkylation sites (tertiary alicyclic amines) is 2. The maximum atomic E-state index is 14.0. The van der Waals surface area contributed by atoms with Gasteiger partial charge in [-0.1, -0.05) is 66.6 Å². The average Bonchev–Trinajstić information content (AvgIpc) is 3.94. The molecule has 0 saturated carbocycles. The fourth-order valence-electron chi connectivity index (χ4n) is 6.85. The molecule has 2 aliphatic rings. The Morgan fingerprint density at radius 1 is 0.830 bits per heavy atom. The lowest BCUT2D eigenvalue weighted by Gasteiger charge is -2.29. The van der Waals surface area contributed by atoms with Crippen LogP contribution in [-0.2, 0) is 19.1 Å². The maximum Gasteiger partial charge on any atom is 0.408 e. The molecular formula is C42H46N6O5. The summed E-state index contributed by atoms with van der Waals surface area (Å²) in [5.74, 6) is 6.07. The Bertz CT molecular complexity index is 1980. The molecule has 4 aromatic rings. The molecule has 0 radical (unpaired) electrons. The molecule has 53 heavy (non-hydrogen) atoms. The number of nitrogens with zero attached hydrogens (tertiary/aromatic N) is 3. The number of aromatic nitrogens is 2. The number of carbonyl (C=O) groups excluding carboxylic acids is 4. The first-order valence-corrected chi connectivity index (χ1v) is 18.1. The molecule has 3 heterocycles. The lowest BCUT2D eigenvalue weighted by atomic mass is 9.99. The molecule has 11 heteroatoms. The third-order valence-corrected chi connectivity index (χ3v) is 9.49.